The number of hydrogen-bond acceptors (Lipinski definition) is 6. The van der Waals surface area contributed by atoms with Crippen LogP contribution >= 0.6 is 11.6 Å². The number of ether oxygens (including phenoxy) is 2. The summed E-state index contributed by atoms with van der Waals surface area (Å²) in [6.45, 7) is 6.47. The number of likely N-dealkylation sites (N-methyl/N-ethyl adjacent to an activating group) is 1. The Bertz CT molecular complexity index is 933. The van der Waals surface area contributed by atoms with Crippen molar-refractivity contribution in [2.75, 3.05) is 68.6 Å². The maximum atomic E-state index is 12.5. The molecule has 8 nitrogen and oxygen atoms in total. The van der Waals surface area contributed by atoms with Gasteiger partial charge in [-0.15, -0.1) is 0 Å². The van der Waals surface area contributed by atoms with Gasteiger partial charge in [0.15, 0.2) is 0 Å². The quantitative estimate of drug-likeness (QED) is 0.548. The molecule has 33 heavy (non-hydrogen) atoms. The molecule has 0 saturated carbocycles. The minimum atomic E-state index is -0.173. The number of hydrogen-bond donors (Lipinski definition) is 2. The van der Waals surface area contributed by atoms with Crippen LogP contribution in [0.4, 0.5) is 17.1 Å². The summed E-state index contributed by atoms with van der Waals surface area (Å²) in [5.74, 6) is 0.250. The fourth-order valence-electron chi connectivity index (χ4n) is 3.58. The van der Waals surface area contributed by atoms with Crippen molar-refractivity contribution in [1.29, 1.82) is 0 Å². The van der Waals surface area contributed by atoms with Crippen LogP contribution in [0.5, 0.6) is 5.75 Å². The van der Waals surface area contributed by atoms with Crippen LogP contribution in [0.15, 0.2) is 42.5 Å². The van der Waals surface area contributed by atoms with E-state index in [4.69, 9.17) is 21.1 Å². The van der Waals surface area contributed by atoms with Gasteiger partial charge in [0.05, 0.1) is 32.6 Å². The molecule has 9 heteroatoms. The third-order valence-corrected chi connectivity index (χ3v) is 5.67. The highest BCUT2D eigenvalue weighted by Crippen LogP contribution is 2.27. The number of carbonyl (C=O) groups excluding carboxylic acids is 2. The second-order valence-corrected chi connectivity index (χ2v) is 8.14. The number of benzene rings is 2. The molecule has 178 valence electrons. The third kappa shape index (κ3) is 7.63. The lowest BCUT2D eigenvalue weighted by Crippen LogP contribution is -2.36. The normalized spacial score (nSPS) is 13.6. The number of anilines is 3. The zero-order valence-electron chi connectivity index (χ0n) is 19.1. The highest BCUT2D eigenvalue weighted by atomic mass is 35.5. The van der Waals surface area contributed by atoms with Crippen molar-refractivity contribution in [3.63, 3.8) is 0 Å². The highest BCUT2D eigenvalue weighted by molar-refractivity contribution is 6.31. The van der Waals surface area contributed by atoms with Crippen LogP contribution in [0.25, 0.3) is 0 Å². The Morgan fingerprint density at radius 3 is 2.48 bits per heavy atom. The Morgan fingerprint density at radius 2 is 1.82 bits per heavy atom. The Balaban J connectivity index is 1.45. The average Bonchev–Trinajstić information content (AvgIpc) is 2.83. The van der Waals surface area contributed by atoms with Crippen molar-refractivity contribution in [1.82, 2.24) is 4.90 Å². The standard InChI is InChI=1S/C24H31ClN4O4/c1-3-28(11-10-23(30)27-21-16-18(25)4-9-22(21)32-2)17-24(31)26-19-5-7-20(8-6-19)29-12-14-33-15-13-29/h4-9,16H,3,10-15,17H2,1-2H3,(H,26,31)(H,27,30). The fourth-order valence-corrected chi connectivity index (χ4v) is 3.75. The second-order valence-electron chi connectivity index (χ2n) is 7.71. The number of amides is 2. The molecule has 0 aromatic heterocycles. The van der Waals surface area contributed by atoms with Gasteiger partial charge in [-0.1, -0.05) is 18.5 Å². The number of nitrogens with zero attached hydrogens (tertiary/aromatic N) is 2. The largest absolute Gasteiger partial charge is 0.495 e. The molecule has 1 aliphatic heterocycles. The van der Waals surface area contributed by atoms with E-state index in [1.165, 1.54) is 7.11 Å². The fraction of sp³-hybridized carbons (Fsp3) is 0.417. The molecule has 2 amide bonds. The number of nitrogens with one attached hydrogen (secondary N) is 2. The van der Waals surface area contributed by atoms with Crippen molar-refractivity contribution >= 4 is 40.5 Å². The van der Waals surface area contributed by atoms with Crippen LogP contribution in [0.2, 0.25) is 5.02 Å². The lowest BCUT2D eigenvalue weighted by Gasteiger charge is -2.29. The van der Waals surface area contributed by atoms with E-state index in [1.54, 1.807) is 18.2 Å². The summed E-state index contributed by atoms with van der Waals surface area (Å²) in [6.07, 6.45) is 0.241. The molecule has 1 aliphatic rings. The zero-order valence-corrected chi connectivity index (χ0v) is 19.9. The molecule has 0 spiro atoms. The summed E-state index contributed by atoms with van der Waals surface area (Å²) in [7, 11) is 1.53. The van der Waals surface area contributed by atoms with E-state index < -0.39 is 0 Å². The highest BCUT2D eigenvalue weighted by Gasteiger charge is 2.14. The number of methoxy groups -OCH3 is 1. The summed E-state index contributed by atoms with van der Waals surface area (Å²) in [4.78, 5) is 29.1. The van der Waals surface area contributed by atoms with Crippen LogP contribution in [0.3, 0.4) is 0 Å². The molecule has 2 aromatic carbocycles. The molecule has 1 heterocycles. The number of halogens is 1. The van der Waals surface area contributed by atoms with E-state index >= 15 is 0 Å². The van der Waals surface area contributed by atoms with Crippen molar-refractivity contribution < 1.29 is 19.1 Å². The number of rotatable bonds is 10. The first-order valence-corrected chi connectivity index (χ1v) is 11.4. The predicted octanol–water partition coefficient (Wildman–Crippen LogP) is 3.47. The van der Waals surface area contributed by atoms with Gasteiger partial charge in [0.1, 0.15) is 5.75 Å². The first kappa shape index (κ1) is 24.8. The van der Waals surface area contributed by atoms with Crippen molar-refractivity contribution in [2.45, 2.75) is 13.3 Å². The van der Waals surface area contributed by atoms with E-state index in [-0.39, 0.29) is 24.8 Å². The van der Waals surface area contributed by atoms with E-state index in [1.807, 2.05) is 36.1 Å². The van der Waals surface area contributed by atoms with Crippen LogP contribution < -0.4 is 20.3 Å². The van der Waals surface area contributed by atoms with E-state index in [0.29, 0.717) is 29.5 Å². The predicted molar refractivity (Wildman–Crippen MR) is 131 cm³/mol. The second kappa shape index (κ2) is 12.4. The maximum Gasteiger partial charge on any atom is 0.238 e. The molecule has 0 bridgehead atoms. The molecule has 0 atom stereocenters. The molecule has 0 radical (unpaired) electrons. The van der Waals surface area contributed by atoms with Gasteiger partial charge in [-0.3, -0.25) is 14.5 Å². The lowest BCUT2D eigenvalue weighted by atomic mass is 10.2. The summed E-state index contributed by atoms with van der Waals surface area (Å²) >= 11 is 6.01. The van der Waals surface area contributed by atoms with E-state index in [2.05, 4.69) is 15.5 Å². The topological polar surface area (TPSA) is 83.1 Å². The molecule has 1 saturated heterocycles. The third-order valence-electron chi connectivity index (χ3n) is 5.43. The van der Waals surface area contributed by atoms with Gasteiger partial charge in [-0.05, 0) is 49.0 Å². The Hall–Kier alpha value is -2.81. The van der Waals surface area contributed by atoms with Crippen molar-refractivity contribution in [3.05, 3.63) is 47.5 Å². The number of carbonyl (C=O) groups is 2. The minimum Gasteiger partial charge on any atom is -0.495 e. The van der Waals surface area contributed by atoms with Gasteiger partial charge < -0.3 is 25.0 Å². The summed E-state index contributed by atoms with van der Waals surface area (Å²) < 4.78 is 10.6. The van der Waals surface area contributed by atoms with E-state index in [0.717, 1.165) is 37.7 Å². The van der Waals surface area contributed by atoms with Gasteiger partial charge in [0.2, 0.25) is 11.8 Å². The molecular weight excluding hydrogens is 444 g/mol. The molecule has 3 rings (SSSR count). The number of morpholine rings is 1. The lowest BCUT2D eigenvalue weighted by molar-refractivity contribution is -0.119. The average molecular weight is 475 g/mol. The molecular formula is C24H31ClN4O4. The Labute approximate surface area is 199 Å². The van der Waals surface area contributed by atoms with Crippen molar-refractivity contribution in [3.8, 4) is 5.75 Å². The minimum absolute atomic E-state index is 0.118. The monoisotopic (exact) mass is 474 g/mol. The SMILES string of the molecule is CCN(CCC(=O)Nc1cc(Cl)ccc1OC)CC(=O)Nc1ccc(N2CCOCC2)cc1. The molecule has 2 N–H and O–H groups in total. The molecule has 1 fully saturated rings. The van der Waals surface area contributed by atoms with E-state index in [9.17, 15) is 9.59 Å². The smallest absolute Gasteiger partial charge is 0.238 e. The zero-order chi connectivity index (χ0) is 23.6. The first-order valence-electron chi connectivity index (χ1n) is 11.1. The van der Waals surface area contributed by atoms with Gasteiger partial charge >= 0.3 is 0 Å². The summed E-state index contributed by atoms with van der Waals surface area (Å²) in [5, 5.41) is 6.26. The van der Waals surface area contributed by atoms with Crippen LogP contribution in [0.1, 0.15) is 13.3 Å². The molecule has 0 aliphatic carbocycles. The van der Waals surface area contributed by atoms with Gasteiger partial charge in [-0.2, -0.15) is 0 Å². The maximum absolute atomic E-state index is 12.5. The van der Waals surface area contributed by atoms with Gasteiger partial charge in [-0.25, -0.2) is 0 Å². The van der Waals surface area contributed by atoms with Gasteiger partial charge in [0, 0.05) is 42.5 Å². The molecule has 0 unspecified atom stereocenters. The van der Waals surface area contributed by atoms with Gasteiger partial charge in [0.25, 0.3) is 0 Å². The van der Waals surface area contributed by atoms with Crippen LogP contribution in [-0.2, 0) is 14.3 Å². The summed E-state index contributed by atoms with van der Waals surface area (Å²) in [5.41, 5.74) is 2.39. The van der Waals surface area contributed by atoms with Crippen molar-refractivity contribution in [2.24, 2.45) is 0 Å². The molecule has 2 aromatic rings. The Kier molecular flexibility index (Phi) is 9.35. The van der Waals surface area contributed by atoms with Crippen LogP contribution in [-0.4, -0.2) is 69.8 Å². The summed E-state index contributed by atoms with van der Waals surface area (Å²) in [6, 6.07) is 12.9. The Morgan fingerprint density at radius 1 is 1.09 bits per heavy atom. The first-order chi connectivity index (χ1) is 16.0. The van der Waals surface area contributed by atoms with Crippen LogP contribution in [0, 0.1) is 0 Å².